The van der Waals surface area contributed by atoms with Crippen molar-refractivity contribution in [3.8, 4) is 11.3 Å². The molecule has 2 bridgehead atoms. The highest BCUT2D eigenvalue weighted by atomic mass is 35.5. The van der Waals surface area contributed by atoms with E-state index in [9.17, 15) is 14.8 Å². The van der Waals surface area contributed by atoms with E-state index in [0.29, 0.717) is 31.0 Å². The van der Waals surface area contributed by atoms with Crippen LogP contribution < -0.4 is 10.8 Å². The summed E-state index contributed by atoms with van der Waals surface area (Å²) in [6, 6.07) is 13.0. The molecule has 9 heteroatoms. The number of carbonyl (C=O) groups is 1. The first-order valence-electron chi connectivity index (χ1n) is 10.0. The molecule has 1 amide bonds. The summed E-state index contributed by atoms with van der Waals surface area (Å²) in [5.41, 5.74) is 1.59. The standard InChI is InChI=1S/C22H20ClN3O5/c23-17-9-15(26(29)30)4-5-16(17)19-6-7-20(31-19)22(28)24-10-13-8-14(12-24)18-2-1-3-21(27)25(18)11-13/h1-7,9,13-14,26,29H,8,10-12H2/t13-,14+/m1/s1. The van der Waals surface area contributed by atoms with Gasteiger partial charge in [-0.1, -0.05) is 17.7 Å². The van der Waals surface area contributed by atoms with Crippen LogP contribution in [0.15, 0.2) is 57.7 Å². The monoisotopic (exact) mass is 441 g/mol. The van der Waals surface area contributed by atoms with Gasteiger partial charge < -0.3 is 19.1 Å². The van der Waals surface area contributed by atoms with E-state index >= 15 is 0 Å². The number of furan rings is 1. The predicted octanol–water partition coefficient (Wildman–Crippen LogP) is 2.42. The molecule has 5 rings (SSSR count). The van der Waals surface area contributed by atoms with E-state index in [-0.39, 0.29) is 39.8 Å². The van der Waals surface area contributed by atoms with Crippen LogP contribution in [0.2, 0.25) is 5.02 Å². The van der Waals surface area contributed by atoms with Gasteiger partial charge >= 0.3 is 0 Å². The number of piperidine rings is 1. The Morgan fingerprint density at radius 2 is 2.00 bits per heavy atom. The molecule has 4 heterocycles. The van der Waals surface area contributed by atoms with Crippen LogP contribution >= 0.6 is 11.6 Å². The van der Waals surface area contributed by atoms with Crippen LogP contribution in [-0.4, -0.2) is 33.7 Å². The number of likely N-dealkylation sites (tertiary alicyclic amines) is 1. The lowest BCUT2D eigenvalue weighted by atomic mass is 9.83. The van der Waals surface area contributed by atoms with Crippen LogP contribution in [0.25, 0.3) is 11.3 Å². The molecule has 2 aliphatic rings. The second kappa shape index (κ2) is 7.65. The van der Waals surface area contributed by atoms with E-state index in [1.165, 1.54) is 12.1 Å². The van der Waals surface area contributed by atoms with Gasteiger partial charge in [0.1, 0.15) is 5.76 Å². The van der Waals surface area contributed by atoms with Crippen LogP contribution in [0.4, 0.5) is 5.69 Å². The Balaban J connectivity index is 1.38. The molecule has 1 aromatic carbocycles. The molecule has 1 saturated heterocycles. The molecule has 0 saturated carbocycles. The van der Waals surface area contributed by atoms with Crippen LogP contribution in [0.1, 0.15) is 28.6 Å². The van der Waals surface area contributed by atoms with Crippen molar-refractivity contribution in [2.75, 3.05) is 13.1 Å². The SMILES string of the molecule is O=C(c1ccc(-c2ccc([NH+]([O-])O)cc2Cl)o1)N1C[C@H]2C[C@@H](C1)c1cccc(=O)n1C2. The Hall–Kier alpha value is -2.91. The zero-order valence-electron chi connectivity index (χ0n) is 16.5. The van der Waals surface area contributed by atoms with Gasteiger partial charge in [0.25, 0.3) is 11.5 Å². The van der Waals surface area contributed by atoms with Crippen molar-refractivity contribution in [3.63, 3.8) is 0 Å². The highest BCUT2D eigenvalue weighted by Crippen LogP contribution is 2.36. The zero-order valence-corrected chi connectivity index (χ0v) is 17.2. The lowest BCUT2D eigenvalue weighted by Crippen LogP contribution is -2.99. The number of benzene rings is 1. The number of aromatic nitrogens is 1. The summed E-state index contributed by atoms with van der Waals surface area (Å²) in [7, 11) is 0. The van der Waals surface area contributed by atoms with Gasteiger partial charge in [0.15, 0.2) is 11.4 Å². The number of halogens is 1. The summed E-state index contributed by atoms with van der Waals surface area (Å²) in [5.74, 6) is 0.754. The summed E-state index contributed by atoms with van der Waals surface area (Å²) in [6.45, 7) is 1.72. The van der Waals surface area contributed by atoms with Crippen molar-refractivity contribution >= 4 is 23.2 Å². The largest absolute Gasteiger partial charge is 0.595 e. The van der Waals surface area contributed by atoms with Crippen molar-refractivity contribution in [3.05, 3.63) is 80.6 Å². The molecule has 1 fully saturated rings. The van der Waals surface area contributed by atoms with Crippen LogP contribution in [0.3, 0.4) is 0 Å². The number of amides is 1. The highest BCUT2D eigenvalue weighted by molar-refractivity contribution is 6.33. The number of nitrogens with zero attached hydrogens (tertiary/aromatic N) is 2. The molecule has 8 nitrogen and oxygen atoms in total. The minimum atomic E-state index is -1.07. The fourth-order valence-electron chi connectivity index (χ4n) is 4.66. The van der Waals surface area contributed by atoms with Crippen LogP contribution in [0.5, 0.6) is 0 Å². The third kappa shape index (κ3) is 3.57. The van der Waals surface area contributed by atoms with Crippen molar-refractivity contribution in [2.24, 2.45) is 5.92 Å². The van der Waals surface area contributed by atoms with Gasteiger partial charge in [0.2, 0.25) is 0 Å². The number of hydrogen-bond acceptors (Lipinski definition) is 5. The van der Waals surface area contributed by atoms with Gasteiger partial charge in [-0.3, -0.25) is 9.59 Å². The third-order valence-electron chi connectivity index (χ3n) is 6.07. The quantitative estimate of drug-likeness (QED) is 0.607. The van der Waals surface area contributed by atoms with Gasteiger partial charge in [-0.05, 0) is 36.6 Å². The number of fused-ring (bicyclic) bond motifs is 4. The number of hydrogen-bond donors (Lipinski definition) is 2. The molecule has 0 radical (unpaired) electrons. The molecule has 2 N–H and O–H groups in total. The van der Waals surface area contributed by atoms with Crippen LogP contribution in [0, 0.1) is 11.1 Å². The molecule has 1 unspecified atom stereocenters. The van der Waals surface area contributed by atoms with E-state index in [4.69, 9.17) is 21.2 Å². The third-order valence-corrected chi connectivity index (χ3v) is 6.38. The summed E-state index contributed by atoms with van der Waals surface area (Å²) < 4.78 is 7.63. The van der Waals surface area contributed by atoms with E-state index in [1.807, 2.05) is 10.6 Å². The second-order valence-corrected chi connectivity index (χ2v) is 8.48. The Morgan fingerprint density at radius 3 is 2.77 bits per heavy atom. The van der Waals surface area contributed by atoms with Crippen molar-refractivity contribution < 1.29 is 19.6 Å². The molecular formula is C22H20ClN3O5. The number of quaternary nitrogens is 1. The average Bonchev–Trinajstić information content (AvgIpc) is 3.23. The highest BCUT2D eigenvalue weighted by Gasteiger charge is 2.37. The summed E-state index contributed by atoms with van der Waals surface area (Å²) in [6.07, 6.45) is 0.960. The minimum Gasteiger partial charge on any atom is -0.595 e. The van der Waals surface area contributed by atoms with E-state index in [1.54, 1.807) is 35.2 Å². The molecule has 3 aromatic rings. The average molecular weight is 442 g/mol. The second-order valence-electron chi connectivity index (χ2n) is 8.07. The van der Waals surface area contributed by atoms with E-state index in [0.717, 1.165) is 12.1 Å². The van der Waals surface area contributed by atoms with Crippen LogP contribution in [-0.2, 0) is 6.54 Å². The summed E-state index contributed by atoms with van der Waals surface area (Å²) in [5, 5.41) is 19.4. The van der Waals surface area contributed by atoms with Gasteiger partial charge in [0, 0.05) is 55.0 Å². The smallest absolute Gasteiger partial charge is 0.289 e. The fourth-order valence-corrected chi connectivity index (χ4v) is 4.94. The van der Waals surface area contributed by atoms with Gasteiger partial charge in [0.05, 0.1) is 5.02 Å². The minimum absolute atomic E-state index is 0.00782. The Kier molecular flexibility index (Phi) is 4.94. The van der Waals surface area contributed by atoms with Crippen molar-refractivity contribution in [1.82, 2.24) is 9.47 Å². The topological polar surface area (TPSA) is 103 Å². The Labute approximate surface area is 182 Å². The lowest BCUT2D eigenvalue weighted by Gasteiger charge is -2.42. The summed E-state index contributed by atoms with van der Waals surface area (Å²) >= 11 is 6.22. The summed E-state index contributed by atoms with van der Waals surface area (Å²) in [4.78, 5) is 27.1. The van der Waals surface area contributed by atoms with Crippen molar-refractivity contribution in [1.29, 1.82) is 0 Å². The molecule has 160 valence electrons. The molecule has 31 heavy (non-hydrogen) atoms. The molecule has 2 aliphatic heterocycles. The molecule has 0 aliphatic carbocycles. The maximum absolute atomic E-state index is 13.1. The zero-order chi connectivity index (χ0) is 21.7. The maximum atomic E-state index is 13.1. The first-order chi connectivity index (χ1) is 14.9. The predicted molar refractivity (Wildman–Crippen MR) is 112 cm³/mol. The van der Waals surface area contributed by atoms with E-state index in [2.05, 4.69) is 0 Å². The maximum Gasteiger partial charge on any atom is 0.289 e. The van der Waals surface area contributed by atoms with Gasteiger partial charge in [-0.15, -0.1) is 0 Å². The molecule has 3 atom stereocenters. The molecule has 2 aromatic heterocycles. The number of rotatable bonds is 3. The number of pyridine rings is 1. The number of nitrogens with one attached hydrogen (secondary N) is 1. The Bertz CT molecular complexity index is 1220. The lowest BCUT2D eigenvalue weighted by molar-refractivity contribution is -0.991. The number of carbonyl (C=O) groups excluding carboxylic acids is 1. The van der Waals surface area contributed by atoms with Gasteiger partial charge in [-0.2, -0.15) is 5.23 Å². The first kappa shape index (κ1) is 20.0. The molecule has 0 spiro atoms. The van der Waals surface area contributed by atoms with Gasteiger partial charge in [-0.25, -0.2) is 5.21 Å². The fraction of sp³-hybridized carbons (Fsp3) is 0.273. The van der Waals surface area contributed by atoms with Crippen molar-refractivity contribution in [2.45, 2.75) is 18.9 Å². The molecular weight excluding hydrogens is 422 g/mol. The normalized spacial score (nSPS) is 20.9. The van der Waals surface area contributed by atoms with E-state index < -0.39 is 5.23 Å². The Morgan fingerprint density at radius 1 is 1.16 bits per heavy atom. The first-order valence-corrected chi connectivity index (χ1v) is 10.4.